The summed E-state index contributed by atoms with van der Waals surface area (Å²) in [5, 5.41) is 19.6. The van der Waals surface area contributed by atoms with Crippen molar-refractivity contribution in [2.24, 2.45) is 5.92 Å². The van der Waals surface area contributed by atoms with Crippen LogP contribution in [0.25, 0.3) is 10.8 Å². The second-order valence-electron chi connectivity index (χ2n) is 6.08. The van der Waals surface area contributed by atoms with Crippen molar-refractivity contribution in [3.8, 4) is 0 Å². The molecular weight excluding hydrogens is 290 g/mol. The molecular formula is C18H19N3O2. The van der Waals surface area contributed by atoms with Crippen LogP contribution in [0.5, 0.6) is 0 Å². The van der Waals surface area contributed by atoms with Crippen molar-refractivity contribution < 1.29 is 9.90 Å². The quantitative estimate of drug-likeness (QED) is 0.784. The van der Waals surface area contributed by atoms with Gasteiger partial charge in [0.1, 0.15) is 0 Å². The largest absolute Gasteiger partial charge is 0.476 e. The van der Waals surface area contributed by atoms with E-state index in [-0.39, 0.29) is 5.69 Å². The zero-order chi connectivity index (χ0) is 16.4. The van der Waals surface area contributed by atoms with Crippen molar-refractivity contribution >= 4 is 16.7 Å². The Bertz CT molecular complexity index is 847. The highest BCUT2D eigenvalue weighted by Crippen LogP contribution is 2.21. The number of rotatable bonds is 5. The molecule has 3 rings (SSSR count). The van der Waals surface area contributed by atoms with Crippen LogP contribution in [-0.2, 0) is 13.0 Å². The Kier molecular flexibility index (Phi) is 4.10. The van der Waals surface area contributed by atoms with Gasteiger partial charge in [-0.3, -0.25) is 0 Å². The Balaban J connectivity index is 2.03. The Labute approximate surface area is 134 Å². The third kappa shape index (κ3) is 3.08. The fourth-order valence-electron chi connectivity index (χ4n) is 2.81. The second-order valence-corrected chi connectivity index (χ2v) is 6.08. The molecule has 5 nitrogen and oxygen atoms in total. The first-order valence-electron chi connectivity index (χ1n) is 7.68. The van der Waals surface area contributed by atoms with E-state index in [4.69, 9.17) is 0 Å². The van der Waals surface area contributed by atoms with Gasteiger partial charge in [-0.2, -0.15) is 0 Å². The van der Waals surface area contributed by atoms with Crippen LogP contribution in [0.3, 0.4) is 0 Å². The van der Waals surface area contributed by atoms with Crippen LogP contribution in [0.1, 0.15) is 35.6 Å². The van der Waals surface area contributed by atoms with Gasteiger partial charge in [0.2, 0.25) is 0 Å². The molecule has 0 aliphatic carbocycles. The molecule has 0 bridgehead atoms. The monoisotopic (exact) mass is 309 g/mol. The number of hydrogen-bond acceptors (Lipinski definition) is 3. The van der Waals surface area contributed by atoms with Crippen LogP contribution in [-0.4, -0.2) is 26.1 Å². The Morgan fingerprint density at radius 2 is 1.91 bits per heavy atom. The normalized spacial score (nSPS) is 11.3. The van der Waals surface area contributed by atoms with Crippen LogP contribution in [0.2, 0.25) is 0 Å². The van der Waals surface area contributed by atoms with E-state index in [0.717, 1.165) is 16.3 Å². The molecule has 0 saturated carbocycles. The van der Waals surface area contributed by atoms with E-state index in [9.17, 15) is 9.90 Å². The molecule has 5 heteroatoms. The number of carboxylic acids is 1. The molecule has 0 unspecified atom stereocenters. The number of benzene rings is 2. The minimum atomic E-state index is -1.02. The van der Waals surface area contributed by atoms with E-state index in [1.807, 2.05) is 24.3 Å². The lowest BCUT2D eigenvalue weighted by Gasteiger charge is -2.11. The molecule has 0 aliphatic rings. The highest BCUT2D eigenvalue weighted by molar-refractivity contribution is 5.87. The molecule has 0 aliphatic heterocycles. The molecule has 1 N–H and O–H groups in total. The van der Waals surface area contributed by atoms with Gasteiger partial charge in [0, 0.05) is 0 Å². The molecule has 23 heavy (non-hydrogen) atoms. The zero-order valence-electron chi connectivity index (χ0n) is 13.2. The van der Waals surface area contributed by atoms with E-state index >= 15 is 0 Å². The summed E-state index contributed by atoms with van der Waals surface area (Å²) in [6.07, 6.45) is 0.638. The van der Waals surface area contributed by atoms with Crippen molar-refractivity contribution in [1.82, 2.24) is 15.0 Å². The average molecular weight is 309 g/mol. The van der Waals surface area contributed by atoms with Crippen LogP contribution in [0.15, 0.2) is 42.5 Å². The SMILES string of the molecule is CC(C)Cc1c(C(=O)O)nnn1Cc1cccc2ccccc12. The fourth-order valence-corrected chi connectivity index (χ4v) is 2.81. The summed E-state index contributed by atoms with van der Waals surface area (Å²) in [7, 11) is 0. The molecule has 0 atom stereocenters. The summed E-state index contributed by atoms with van der Waals surface area (Å²) in [5.41, 5.74) is 1.84. The van der Waals surface area contributed by atoms with Crippen LogP contribution in [0.4, 0.5) is 0 Å². The molecule has 2 aromatic carbocycles. The van der Waals surface area contributed by atoms with Gasteiger partial charge in [-0.05, 0) is 28.7 Å². The summed E-state index contributed by atoms with van der Waals surface area (Å²) >= 11 is 0. The smallest absolute Gasteiger partial charge is 0.358 e. The number of nitrogens with zero attached hydrogens (tertiary/aromatic N) is 3. The van der Waals surface area contributed by atoms with Gasteiger partial charge in [-0.15, -0.1) is 5.10 Å². The first kappa shape index (κ1) is 15.2. The number of hydrogen-bond donors (Lipinski definition) is 1. The molecule has 118 valence electrons. The van der Waals surface area contributed by atoms with Crippen molar-refractivity contribution in [2.45, 2.75) is 26.8 Å². The van der Waals surface area contributed by atoms with E-state index in [1.54, 1.807) is 4.68 Å². The van der Waals surface area contributed by atoms with Crippen LogP contribution >= 0.6 is 0 Å². The van der Waals surface area contributed by atoms with Gasteiger partial charge in [0.05, 0.1) is 12.2 Å². The van der Waals surface area contributed by atoms with E-state index < -0.39 is 5.97 Å². The minimum absolute atomic E-state index is 0.0546. The standard InChI is InChI=1S/C18H19N3O2/c1-12(2)10-16-17(18(22)23)19-20-21(16)11-14-8-5-7-13-6-3-4-9-15(13)14/h3-9,12H,10-11H2,1-2H3,(H,22,23). The highest BCUT2D eigenvalue weighted by Gasteiger charge is 2.20. The highest BCUT2D eigenvalue weighted by atomic mass is 16.4. The molecule has 0 spiro atoms. The predicted octanol–water partition coefficient (Wildman–Crippen LogP) is 3.38. The summed E-state index contributed by atoms with van der Waals surface area (Å²) in [5.74, 6) is -0.692. The number of aromatic nitrogens is 3. The maximum Gasteiger partial charge on any atom is 0.358 e. The molecule has 1 aromatic heterocycles. The number of aromatic carboxylic acids is 1. The summed E-state index contributed by atoms with van der Waals surface area (Å²) in [6, 6.07) is 14.3. The third-order valence-corrected chi connectivity index (χ3v) is 3.84. The molecule has 0 amide bonds. The van der Waals surface area contributed by atoms with Gasteiger partial charge in [0.15, 0.2) is 5.69 Å². The van der Waals surface area contributed by atoms with E-state index in [1.165, 1.54) is 0 Å². The Hall–Kier alpha value is -2.69. The maximum absolute atomic E-state index is 11.4. The van der Waals surface area contributed by atoms with Gasteiger partial charge < -0.3 is 5.11 Å². The Morgan fingerprint density at radius 3 is 2.65 bits per heavy atom. The topological polar surface area (TPSA) is 68.0 Å². The first-order valence-corrected chi connectivity index (χ1v) is 7.68. The Morgan fingerprint density at radius 1 is 1.17 bits per heavy atom. The van der Waals surface area contributed by atoms with Gasteiger partial charge >= 0.3 is 5.97 Å². The average Bonchev–Trinajstić information content (AvgIpc) is 2.90. The number of fused-ring (bicyclic) bond motifs is 1. The summed E-state index contributed by atoms with van der Waals surface area (Å²) in [4.78, 5) is 11.4. The summed E-state index contributed by atoms with van der Waals surface area (Å²) in [6.45, 7) is 4.63. The lowest BCUT2D eigenvalue weighted by molar-refractivity contribution is 0.0689. The van der Waals surface area contributed by atoms with Gasteiger partial charge in [-0.25, -0.2) is 9.48 Å². The molecule has 1 heterocycles. The van der Waals surface area contributed by atoms with Crippen LogP contribution < -0.4 is 0 Å². The molecule has 0 saturated heterocycles. The van der Waals surface area contributed by atoms with Crippen LogP contribution in [0, 0.1) is 5.92 Å². The third-order valence-electron chi connectivity index (χ3n) is 3.84. The van der Waals surface area contributed by atoms with Gasteiger partial charge in [-0.1, -0.05) is 61.5 Å². The number of carboxylic acid groups (broad SMARTS) is 1. The lowest BCUT2D eigenvalue weighted by Crippen LogP contribution is -2.12. The second kappa shape index (κ2) is 6.20. The first-order chi connectivity index (χ1) is 11.1. The molecule has 0 radical (unpaired) electrons. The lowest BCUT2D eigenvalue weighted by atomic mass is 10.0. The molecule has 3 aromatic rings. The van der Waals surface area contributed by atoms with Gasteiger partial charge in [0.25, 0.3) is 0 Å². The minimum Gasteiger partial charge on any atom is -0.476 e. The van der Waals surface area contributed by atoms with Crippen molar-refractivity contribution in [3.63, 3.8) is 0 Å². The number of carbonyl (C=O) groups is 1. The van der Waals surface area contributed by atoms with E-state index in [2.05, 4.69) is 42.4 Å². The maximum atomic E-state index is 11.4. The zero-order valence-corrected chi connectivity index (χ0v) is 13.2. The fraction of sp³-hybridized carbons (Fsp3) is 0.278. The molecule has 0 fully saturated rings. The van der Waals surface area contributed by atoms with Crippen molar-refractivity contribution in [3.05, 3.63) is 59.4 Å². The van der Waals surface area contributed by atoms with Crippen molar-refractivity contribution in [1.29, 1.82) is 0 Å². The van der Waals surface area contributed by atoms with E-state index in [0.29, 0.717) is 24.6 Å². The van der Waals surface area contributed by atoms with Crippen molar-refractivity contribution in [2.75, 3.05) is 0 Å². The summed E-state index contributed by atoms with van der Waals surface area (Å²) < 4.78 is 1.71. The predicted molar refractivity (Wildman–Crippen MR) is 88.6 cm³/mol.